The minimum atomic E-state index is -0.415. The monoisotopic (exact) mass is 416 g/mol. The lowest BCUT2D eigenvalue weighted by Gasteiger charge is -2.36. The second-order valence-corrected chi connectivity index (χ2v) is 7.42. The van der Waals surface area contributed by atoms with E-state index < -0.39 is 5.82 Å². The van der Waals surface area contributed by atoms with E-state index in [1.807, 2.05) is 34.6 Å². The highest BCUT2D eigenvalue weighted by Gasteiger charge is 2.30. The summed E-state index contributed by atoms with van der Waals surface area (Å²) in [5, 5.41) is 10.3. The molecule has 1 N–H and O–H groups in total. The van der Waals surface area contributed by atoms with Crippen LogP contribution in [0.4, 0.5) is 21.5 Å². The molecule has 7 heteroatoms. The Balaban J connectivity index is 1.88. The summed E-state index contributed by atoms with van der Waals surface area (Å²) >= 11 is 10.8. The number of para-hydroxylation sites is 2. The fourth-order valence-corrected chi connectivity index (χ4v) is 3.71. The van der Waals surface area contributed by atoms with Crippen LogP contribution in [0.5, 0.6) is 11.5 Å². The first-order valence-electron chi connectivity index (χ1n) is 8.76. The van der Waals surface area contributed by atoms with Gasteiger partial charge in [-0.25, -0.2) is 8.70 Å². The van der Waals surface area contributed by atoms with Gasteiger partial charge in [-0.3, -0.25) is 0 Å². The maximum atomic E-state index is 14.8. The zero-order valence-electron chi connectivity index (χ0n) is 14.8. The van der Waals surface area contributed by atoms with Gasteiger partial charge in [0.05, 0.1) is 5.69 Å². The second kappa shape index (κ2) is 7.91. The highest BCUT2D eigenvalue weighted by Crippen LogP contribution is 2.48. The van der Waals surface area contributed by atoms with Gasteiger partial charge in [-0.2, -0.15) is 0 Å². The van der Waals surface area contributed by atoms with Crippen molar-refractivity contribution in [2.75, 3.05) is 18.0 Å². The summed E-state index contributed by atoms with van der Waals surface area (Å²) in [6, 6.07) is 18.8. The van der Waals surface area contributed by atoms with Gasteiger partial charge in [0.25, 0.3) is 0 Å². The summed E-state index contributed by atoms with van der Waals surface area (Å²) in [6.45, 7) is 1.32. The molecule has 144 valence electrons. The summed E-state index contributed by atoms with van der Waals surface area (Å²) in [5.41, 5.74) is 1.38. The molecule has 0 bridgehead atoms. The normalized spacial score (nSPS) is 14.5. The van der Waals surface area contributed by atoms with Crippen molar-refractivity contribution < 1.29 is 14.2 Å². The van der Waals surface area contributed by atoms with Gasteiger partial charge < -0.3 is 14.7 Å². The number of aromatic hydroxyl groups is 1. The van der Waals surface area contributed by atoms with Gasteiger partial charge in [0.1, 0.15) is 34.1 Å². The smallest absolute Gasteiger partial charge is 0.147 e. The molecule has 0 atom stereocenters. The molecule has 0 aromatic heterocycles. The summed E-state index contributed by atoms with van der Waals surface area (Å²) in [4.78, 5) is 1.66. The van der Waals surface area contributed by atoms with E-state index >= 15 is 0 Å². The van der Waals surface area contributed by atoms with Gasteiger partial charge in [0, 0.05) is 18.8 Å². The Morgan fingerprint density at radius 3 is 2.39 bits per heavy atom. The molecular weight excluding hydrogens is 399 g/mol. The van der Waals surface area contributed by atoms with Crippen LogP contribution in [-0.2, 0) is 0 Å². The van der Waals surface area contributed by atoms with Crippen LogP contribution in [0.2, 0.25) is 5.02 Å². The first-order valence-corrected chi connectivity index (χ1v) is 9.54. The van der Waals surface area contributed by atoms with Crippen molar-refractivity contribution in [3.63, 3.8) is 0 Å². The van der Waals surface area contributed by atoms with Crippen LogP contribution in [0.1, 0.15) is 0 Å². The SMILES string of the molecule is Oc1ccc(OC2CN(S)C2)c(N(c2ccccc2)c2ccccc2F)c1Cl. The van der Waals surface area contributed by atoms with E-state index in [2.05, 4.69) is 12.8 Å². The molecule has 4 rings (SSSR count). The molecule has 4 nitrogen and oxygen atoms in total. The lowest BCUT2D eigenvalue weighted by molar-refractivity contribution is 0.0857. The lowest BCUT2D eigenvalue weighted by Crippen LogP contribution is -2.48. The van der Waals surface area contributed by atoms with Gasteiger partial charge in [0.15, 0.2) is 0 Å². The number of nitrogens with zero attached hydrogens (tertiary/aromatic N) is 2. The third kappa shape index (κ3) is 3.63. The molecule has 1 saturated heterocycles. The van der Waals surface area contributed by atoms with E-state index in [0.717, 1.165) is 0 Å². The number of phenols is 1. The minimum Gasteiger partial charge on any atom is -0.506 e. The zero-order valence-corrected chi connectivity index (χ0v) is 16.4. The molecule has 1 aliphatic heterocycles. The highest BCUT2D eigenvalue weighted by atomic mass is 35.5. The van der Waals surface area contributed by atoms with Crippen molar-refractivity contribution in [1.29, 1.82) is 0 Å². The predicted octanol–water partition coefficient (Wildman–Crippen LogP) is 5.56. The largest absolute Gasteiger partial charge is 0.506 e. The average molecular weight is 417 g/mol. The van der Waals surface area contributed by atoms with Crippen molar-refractivity contribution in [3.05, 3.63) is 77.6 Å². The van der Waals surface area contributed by atoms with Crippen LogP contribution in [0.25, 0.3) is 0 Å². The Morgan fingerprint density at radius 1 is 1.04 bits per heavy atom. The Hall–Kier alpha value is -2.41. The van der Waals surface area contributed by atoms with Crippen molar-refractivity contribution >= 4 is 41.5 Å². The molecule has 1 heterocycles. The number of halogens is 2. The number of anilines is 3. The van der Waals surface area contributed by atoms with Gasteiger partial charge in [-0.05, 0) is 36.4 Å². The summed E-state index contributed by atoms with van der Waals surface area (Å²) in [7, 11) is 0. The van der Waals surface area contributed by atoms with Gasteiger partial charge in [0.2, 0.25) is 0 Å². The molecule has 3 aromatic carbocycles. The van der Waals surface area contributed by atoms with Crippen molar-refractivity contribution in [2.45, 2.75) is 6.10 Å². The zero-order chi connectivity index (χ0) is 19.7. The predicted molar refractivity (Wildman–Crippen MR) is 113 cm³/mol. The van der Waals surface area contributed by atoms with E-state index in [1.54, 1.807) is 29.2 Å². The van der Waals surface area contributed by atoms with Crippen LogP contribution >= 0.6 is 24.4 Å². The Morgan fingerprint density at radius 2 is 1.71 bits per heavy atom. The minimum absolute atomic E-state index is 0.0601. The van der Waals surface area contributed by atoms with Gasteiger partial charge in [-0.1, -0.05) is 54.7 Å². The number of phenolic OH excluding ortho intramolecular Hbond substituents is 1. The maximum absolute atomic E-state index is 14.8. The molecule has 28 heavy (non-hydrogen) atoms. The van der Waals surface area contributed by atoms with Crippen LogP contribution in [0.15, 0.2) is 66.7 Å². The third-order valence-electron chi connectivity index (χ3n) is 4.51. The number of thiol groups is 1. The Kier molecular flexibility index (Phi) is 5.35. The van der Waals surface area contributed by atoms with Crippen molar-refractivity contribution in [2.24, 2.45) is 0 Å². The summed E-state index contributed by atoms with van der Waals surface area (Å²) in [6.07, 6.45) is -0.0601. The molecule has 0 aliphatic carbocycles. The average Bonchev–Trinajstić information content (AvgIpc) is 2.68. The van der Waals surface area contributed by atoms with Gasteiger partial charge >= 0.3 is 0 Å². The molecule has 0 spiro atoms. The first-order chi connectivity index (χ1) is 13.5. The number of benzene rings is 3. The fourth-order valence-electron chi connectivity index (χ4n) is 3.11. The molecule has 0 radical (unpaired) electrons. The lowest BCUT2D eigenvalue weighted by atomic mass is 10.1. The first kappa shape index (κ1) is 18.9. The topological polar surface area (TPSA) is 35.9 Å². The van der Waals surface area contributed by atoms with Crippen molar-refractivity contribution in [1.82, 2.24) is 4.31 Å². The van der Waals surface area contributed by atoms with E-state index in [1.165, 1.54) is 12.1 Å². The molecule has 0 unspecified atom stereocenters. The molecule has 0 amide bonds. The van der Waals surface area contributed by atoms with Crippen molar-refractivity contribution in [3.8, 4) is 11.5 Å². The molecule has 1 aliphatic rings. The van der Waals surface area contributed by atoms with E-state index in [9.17, 15) is 9.50 Å². The van der Waals surface area contributed by atoms with Crippen LogP contribution in [0, 0.1) is 5.82 Å². The van der Waals surface area contributed by atoms with Crippen LogP contribution in [-0.4, -0.2) is 28.6 Å². The van der Waals surface area contributed by atoms with Gasteiger partial charge in [-0.15, -0.1) is 0 Å². The second-order valence-electron chi connectivity index (χ2n) is 6.48. The van der Waals surface area contributed by atoms with E-state index in [0.29, 0.717) is 35.9 Å². The summed E-state index contributed by atoms with van der Waals surface area (Å²) < 4.78 is 22.7. The quantitative estimate of drug-likeness (QED) is 0.533. The fraction of sp³-hybridized carbons (Fsp3) is 0.143. The number of hydrogen-bond acceptors (Lipinski definition) is 5. The standard InChI is InChI=1S/C21H18ClFN2O2S/c22-20-18(26)10-11-19(27-15-12-24(28)13-15)21(20)25(14-6-2-1-3-7-14)17-9-5-4-8-16(17)23/h1-11,15,26,28H,12-13H2. The third-order valence-corrected chi connectivity index (χ3v) is 5.21. The highest BCUT2D eigenvalue weighted by molar-refractivity contribution is 7.77. The number of ether oxygens (including phenoxy) is 1. The molecular formula is C21H18ClFN2O2S. The molecule has 1 fully saturated rings. The summed E-state index contributed by atoms with van der Waals surface area (Å²) in [5.74, 6) is -0.0612. The van der Waals surface area contributed by atoms with E-state index in [-0.39, 0.29) is 16.9 Å². The van der Waals surface area contributed by atoms with Crippen LogP contribution < -0.4 is 9.64 Å². The Bertz CT molecular complexity index is 983. The Labute approximate surface area is 173 Å². The maximum Gasteiger partial charge on any atom is 0.147 e. The number of rotatable bonds is 5. The van der Waals surface area contributed by atoms with Crippen LogP contribution in [0.3, 0.4) is 0 Å². The number of hydrogen-bond donors (Lipinski definition) is 2. The molecule has 3 aromatic rings. The van der Waals surface area contributed by atoms with E-state index in [4.69, 9.17) is 16.3 Å². The molecule has 0 saturated carbocycles.